The zero-order valence-corrected chi connectivity index (χ0v) is 38.5. The molecule has 13 nitrogen and oxygen atoms in total. The molecule has 346 valence electrons. The Kier molecular flexibility index (Phi) is 14.9. The molecule has 2 aromatic heterocycles. The van der Waals surface area contributed by atoms with Crippen molar-refractivity contribution in [2.45, 2.75) is 116 Å². The quantitative estimate of drug-likeness (QED) is 0.0550. The Morgan fingerprint density at radius 1 is 0.846 bits per heavy atom. The van der Waals surface area contributed by atoms with E-state index in [1.165, 1.54) is 87.7 Å². The smallest absolute Gasteiger partial charge is 0.257 e. The minimum atomic E-state index is -0.351. The molecule has 2 aromatic carbocycles. The van der Waals surface area contributed by atoms with Gasteiger partial charge in [0.2, 0.25) is 23.7 Å². The number of nitrogens with zero attached hydrogens (tertiary/aromatic N) is 5. The van der Waals surface area contributed by atoms with Gasteiger partial charge in [-0.3, -0.25) is 23.7 Å². The third kappa shape index (κ3) is 11.4. The number of aryl methyl sites for hydroxylation is 1. The Labute approximate surface area is 383 Å². The van der Waals surface area contributed by atoms with Gasteiger partial charge in [-0.05, 0) is 123 Å². The zero-order chi connectivity index (χ0) is 45.3. The van der Waals surface area contributed by atoms with Gasteiger partial charge in [-0.2, -0.15) is 4.98 Å². The molecule has 4 bridgehead atoms. The SMILES string of the molecule is C=CC(=O)Nc1cccc(-n2c(=O)cc(C)c3cnc(Nc4ccc(N5CCN(C(=O)CCCCCCCCCCCNC(=O)CC67CC8CC(CC(C8)C6)C7)CC5)cc4OC)nc32)c1. The second-order valence-electron chi connectivity index (χ2n) is 19.4. The summed E-state index contributed by atoms with van der Waals surface area (Å²) in [5, 5.41) is 10.00. The fourth-order valence-electron chi connectivity index (χ4n) is 11.7. The van der Waals surface area contributed by atoms with Gasteiger partial charge in [-0.25, -0.2) is 4.98 Å². The number of ether oxygens (including phenoxy) is 1. The third-order valence-corrected chi connectivity index (χ3v) is 14.5. The number of carbonyl (C=O) groups excluding carboxylic acids is 3. The van der Waals surface area contributed by atoms with E-state index in [2.05, 4.69) is 32.4 Å². The van der Waals surface area contributed by atoms with Crippen LogP contribution in [0.1, 0.15) is 115 Å². The summed E-state index contributed by atoms with van der Waals surface area (Å²) in [7, 11) is 1.62. The van der Waals surface area contributed by atoms with Crippen LogP contribution in [0, 0.1) is 30.1 Å². The molecule has 1 aliphatic heterocycles. The number of aromatic nitrogens is 3. The van der Waals surface area contributed by atoms with Crippen LogP contribution in [-0.2, 0) is 14.4 Å². The molecule has 3 N–H and O–H groups in total. The summed E-state index contributed by atoms with van der Waals surface area (Å²) in [6.45, 7) is 9.02. The average Bonchev–Trinajstić information content (AvgIpc) is 3.29. The summed E-state index contributed by atoms with van der Waals surface area (Å²) < 4.78 is 7.31. The van der Waals surface area contributed by atoms with Crippen molar-refractivity contribution in [2.24, 2.45) is 23.2 Å². The van der Waals surface area contributed by atoms with Crippen molar-refractivity contribution in [3.63, 3.8) is 0 Å². The second kappa shape index (κ2) is 21.1. The van der Waals surface area contributed by atoms with E-state index in [0.29, 0.717) is 64.7 Å². The third-order valence-electron chi connectivity index (χ3n) is 14.5. The summed E-state index contributed by atoms with van der Waals surface area (Å²) in [4.78, 5) is 64.9. The van der Waals surface area contributed by atoms with Crippen LogP contribution in [0.2, 0.25) is 0 Å². The first-order valence-electron chi connectivity index (χ1n) is 24.3. The number of amides is 3. The van der Waals surface area contributed by atoms with Crippen LogP contribution < -0.4 is 31.1 Å². The lowest BCUT2D eigenvalue weighted by molar-refractivity contribution is -0.131. The first kappa shape index (κ1) is 45.8. The number of anilines is 4. The van der Waals surface area contributed by atoms with Crippen LogP contribution in [0.4, 0.5) is 23.0 Å². The minimum absolute atomic E-state index is 0.245. The molecule has 0 unspecified atom stereocenters. The van der Waals surface area contributed by atoms with E-state index in [-0.39, 0.29) is 23.3 Å². The highest BCUT2D eigenvalue weighted by molar-refractivity contribution is 5.99. The number of pyridine rings is 1. The molecule has 4 aromatic rings. The van der Waals surface area contributed by atoms with Crippen molar-refractivity contribution in [3.05, 3.63) is 83.3 Å². The number of carbonyl (C=O) groups is 3. The lowest BCUT2D eigenvalue weighted by Crippen LogP contribution is -2.48. The molecule has 0 atom stereocenters. The standard InChI is InChI=1S/C52H68N8O5/c1-4-46(61)55-40-15-14-16-42(29-40)60-49(64)25-36(2)43-35-54-51(57-50(43)60)56-44-19-18-41(30-45(44)65-3)58-21-23-59(24-22-58)48(63)17-12-10-8-6-5-7-9-11-13-20-53-47(62)34-52-31-37-26-38(32-52)28-39(27-37)33-52/h4,14-16,18-19,25,29-30,35,37-39H,1,5-13,17,20-24,26-28,31-34H2,2-3H3,(H,53,62)(H,55,61)(H,54,56,57). The number of hydrogen-bond donors (Lipinski definition) is 3. The summed E-state index contributed by atoms with van der Waals surface area (Å²) in [6.07, 6.45) is 22.9. The lowest BCUT2D eigenvalue weighted by Gasteiger charge is -2.56. The Morgan fingerprint density at radius 3 is 2.20 bits per heavy atom. The Morgan fingerprint density at radius 2 is 1.52 bits per heavy atom. The number of nitrogens with one attached hydrogen (secondary N) is 3. The Hall–Kier alpha value is -5.72. The number of fused-ring (bicyclic) bond motifs is 1. The highest BCUT2D eigenvalue weighted by Gasteiger charge is 2.51. The first-order chi connectivity index (χ1) is 31.6. The number of piperazine rings is 1. The Bertz CT molecular complexity index is 2370. The van der Waals surface area contributed by atoms with E-state index < -0.39 is 0 Å². The zero-order valence-electron chi connectivity index (χ0n) is 38.5. The summed E-state index contributed by atoms with van der Waals surface area (Å²) >= 11 is 0. The van der Waals surface area contributed by atoms with Crippen LogP contribution in [-0.4, -0.2) is 77.0 Å². The predicted octanol–water partition coefficient (Wildman–Crippen LogP) is 9.24. The van der Waals surface area contributed by atoms with Crippen LogP contribution in [0.15, 0.2) is 72.2 Å². The van der Waals surface area contributed by atoms with Crippen molar-refractivity contribution < 1.29 is 19.1 Å². The monoisotopic (exact) mass is 885 g/mol. The molecule has 0 spiro atoms. The van der Waals surface area contributed by atoms with Crippen LogP contribution in [0.3, 0.4) is 0 Å². The summed E-state index contributed by atoms with van der Waals surface area (Å²) in [5.41, 5.74) is 3.96. The Balaban J connectivity index is 0.724. The highest BCUT2D eigenvalue weighted by Crippen LogP contribution is 2.61. The molecular formula is C52H68N8O5. The molecule has 3 heterocycles. The van der Waals surface area contributed by atoms with Gasteiger partial charge >= 0.3 is 0 Å². The van der Waals surface area contributed by atoms with Gasteiger partial charge in [0.25, 0.3) is 5.56 Å². The average molecular weight is 885 g/mol. The van der Waals surface area contributed by atoms with E-state index >= 15 is 0 Å². The summed E-state index contributed by atoms with van der Waals surface area (Å²) in [6, 6.07) is 14.5. The maximum Gasteiger partial charge on any atom is 0.257 e. The van der Waals surface area contributed by atoms with Gasteiger partial charge in [0, 0.05) is 80.7 Å². The fraction of sp³-hybridized carbons (Fsp3) is 0.538. The molecule has 65 heavy (non-hydrogen) atoms. The molecule has 5 aliphatic rings. The van der Waals surface area contributed by atoms with Gasteiger partial charge < -0.3 is 30.5 Å². The molecule has 13 heteroatoms. The lowest BCUT2D eigenvalue weighted by atomic mass is 9.49. The molecule has 3 amide bonds. The number of rotatable bonds is 21. The maximum atomic E-state index is 13.4. The summed E-state index contributed by atoms with van der Waals surface area (Å²) in [5.74, 6) is 3.79. The van der Waals surface area contributed by atoms with Crippen LogP contribution in [0.5, 0.6) is 5.75 Å². The maximum absolute atomic E-state index is 13.4. The van der Waals surface area contributed by atoms with Gasteiger partial charge in [-0.15, -0.1) is 0 Å². The number of methoxy groups -OCH3 is 1. The number of unbranched alkanes of at least 4 members (excludes halogenated alkanes) is 8. The van der Waals surface area contributed by atoms with Crippen molar-refractivity contribution in [3.8, 4) is 11.4 Å². The molecular weight excluding hydrogens is 817 g/mol. The van der Waals surface area contributed by atoms with Crippen LogP contribution >= 0.6 is 0 Å². The van der Waals surface area contributed by atoms with Gasteiger partial charge in [0.15, 0.2) is 5.65 Å². The van der Waals surface area contributed by atoms with E-state index in [1.807, 2.05) is 30.0 Å². The van der Waals surface area contributed by atoms with Crippen molar-refractivity contribution >= 4 is 51.8 Å². The van der Waals surface area contributed by atoms with Gasteiger partial charge in [-0.1, -0.05) is 57.6 Å². The van der Waals surface area contributed by atoms with E-state index in [4.69, 9.17) is 9.72 Å². The normalized spacial score (nSPS) is 21.0. The first-order valence-corrected chi connectivity index (χ1v) is 24.3. The van der Waals surface area contributed by atoms with E-state index in [1.54, 1.807) is 43.6 Å². The molecule has 4 saturated carbocycles. The van der Waals surface area contributed by atoms with Crippen LogP contribution in [0.25, 0.3) is 16.7 Å². The van der Waals surface area contributed by atoms with E-state index in [0.717, 1.165) is 74.3 Å². The van der Waals surface area contributed by atoms with Gasteiger partial charge in [0.05, 0.1) is 18.5 Å². The molecule has 1 saturated heterocycles. The molecule has 9 rings (SSSR count). The fourth-order valence-corrected chi connectivity index (χ4v) is 11.7. The van der Waals surface area contributed by atoms with Crippen molar-refractivity contribution in [1.82, 2.24) is 24.8 Å². The molecule has 5 fully saturated rings. The molecule has 4 aliphatic carbocycles. The number of benzene rings is 2. The minimum Gasteiger partial charge on any atom is -0.494 e. The number of hydrogen-bond acceptors (Lipinski definition) is 9. The molecule has 0 radical (unpaired) electrons. The van der Waals surface area contributed by atoms with Crippen molar-refractivity contribution in [1.29, 1.82) is 0 Å². The highest BCUT2D eigenvalue weighted by atomic mass is 16.5. The second-order valence-corrected chi connectivity index (χ2v) is 19.4. The van der Waals surface area contributed by atoms with E-state index in [9.17, 15) is 19.2 Å². The van der Waals surface area contributed by atoms with Crippen molar-refractivity contribution in [2.75, 3.05) is 55.4 Å². The topological polar surface area (TPSA) is 151 Å². The largest absolute Gasteiger partial charge is 0.494 e. The predicted molar refractivity (Wildman–Crippen MR) is 258 cm³/mol. The van der Waals surface area contributed by atoms with Gasteiger partial charge in [0.1, 0.15) is 5.75 Å².